The summed E-state index contributed by atoms with van der Waals surface area (Å²) in [7, 11) is 0. The summed E-state index contributed by atoms with van der Waals surface area (Å²) in [6, 6.07) is 2.11. The first-order chi connectivity index (χ1) is 13.7. The Balaban J connectivity index is 2.22. The van der Waals surface area contributed by atoms with Gasteiger partial charge < -0.3 is 5.84 Å². The molecular weight excluding hydrogens is 372 g/mol. The third-order valence-electron chi connectivity index (χ3n) is 6.53. The Kier molecular flexibility index (Phi) is 9.46. The van der Waals surface area contributed by atoms with Crippen molar-refractivity contribution in [2.45, 2.75) is 104 Å². The molecule has 0 spiro atoms. The summed E-state index contributed by atoms with van der Waals surface area (Å²) in [6.07, 6.45) is 19.8. The fourth-order valence-electron chi connectivity index (χ4n) is 4.76. The number of hydrogen-bond acceptors (Lipinski definition) is 2. The standard InChI is InChI=1S/C26H44N2S/c1-6-20(2)17-24(18-25-21(3)15-16-28(25)27)23-13-9-7-8-11-22(12-10-14-23)19-26(4,5)29/h15-18,22-23,29H,6-14,19,27H2,1-5H3. The molecule has 0 aromatic carbocycles. The molecule has 1 aromatic heterocycles. The second kappa shape index (κ2) is 11.3. The second-order valence-corrected chi connectivity index (χ2v) is 11.1. The van der Waals surface area contributed by atoms with Gasteiger partial charge in [-0.05, 0) is 74.6 Å². The minimum absolute atomic E-state index is 0.143. The van der Waals surface area contributed by atoms with Crippen LogP contribution in [0.3, 0.4) is 0 Å². The quantitative estimate of drug-likeness (QED) is 0.277. The van der Waals surface area contributed by atoms with Crippen molar-refractivity contribution in [1.82, 2.24) is 4.68 Å². The fourth-order valence-corrected chi connectivity index (χ4v) is 5.02. The van der Waals surface area contributed by atoms with E-state index in [1.54, 1.807) is 4.68 Å². The maximum Gasteiger partial charge on any atom is 0.0649 e. The predicted molar refractivity (Wildman–Crippen MR) is 133 cm³/mol. The molecule has 1 aliphatic rings. The van der Waals surface area contributed by atoms with E-state index in [2.05, 4.69) is 52.8 Å². The van der Waals surface area contributed by atoms with Gasteiger partial charge in [0.1, 0.15) is 0 Å². The molecule has 0 amide bonds. The molecular formula is C26H44N2S. The van der Waals surface area contributed by atoms with E-state index in [1.165, 1.54) is 74.5 Å². The highest BCUT2D eigenvalue weighted by Gasteiger charge is 2.22. The third-order valence-corrected chi connectivity index (χ3v) is 6.71. The minimum atomic E-state index is 0.143. The van der Waals surface area contributed by atoms with E-state index >= 15 is 0 Å². The summed E-state index contributed by atoms with van der Waals surface area (Å²) in [5.41, 5.74) is 5.33. The van der Waals surface area contributed by atoms with Gasteiger partial charge in [-0.25, -0.2) is 0 Å². The van der Waals surface area contributed by atoms with Crippen molar-refractivity contribution in [1.29, 1.82) is 0 Å². The van der Waals surface area contributed by atoms with E-state index in [9.17, 15) is 0 Å². The number of thiol groups is 1. The average Bonchev–Trinajstić information content (AvgIpc) is 2.96. The Morgan fingerprint density at radius 3 is 2.45 bits per heavy atom. The molecule has 1 saturated carbocycles. The minimum Gasteiger partial charge on any atom is -0.339 e. The zero-order valence-corrected chi connectivity index (χ0v) is 20.4. The molecule has 1 aromatic rings. The van der Waals surface area contributed by atoms with Crippen LogP contribution < -0.4 is 5.84 Å². The number of nitrogens with zero attached hydrogens (tertiary/aromatic N) is 1. The predicted octanol–water partition coefficient (Wildman–Crippen LogP) is 7.72. The van der Waals surface area contributed by atoms with Crippen molar-refractivity contribution >= 4 is 18.7 Å². The molecule has 2 nitrogen and oxygen atoms in total. The van der Waals surface area contributed by atoms with Gasteiger partial charge >= 0.3 is 0 Å². The first kappa shape index (κ1) is 24.2. The molecule has 29 heavy (non-hydrogen) atoms. The first-order valence-corrected chi connectivity index (χ1v) is 12.2. The van der Waals surface area contributed by atoms with Crippen LogP contribution in [0, 0.1) is 18.8 Å². The van der Waals surface area contributed by atoms with Crippen molar-refractivity contribution in [3.8, 4) is 0 Å². The molecule has 1 aliphatic carbocycles. The summed E-state index contributed by atoms with van der Waals surface area (Å²) in [5.74, 6) is 7.66. The monoisotopic (exact) mass is 416 g/mol. The van der Waals surface area contributed by atoms with Gasteiger partial charge in [-0.2, -0.15) is 12.6 Å². The van der Waals surface area contributed by atoms with Crippen molar-refractivity contribution in [2.24, 2.45) is 11.8 Å². The molecule has 2 atom stereocenters. The molecule has 1 heterocycles. The zero-order valence-electron chi connectivity index (χ0n) is 19.5. The number of rotatable bonds is 6. The normalized spacial score (nSPS) is 23.2. The van der Waals surface area contributed by atoms with Gasteiger partial charge in [0.05, 0.1) is 5.69 Å². The number of aromatic nitrogens is 1. The van der Waals surface area contributed by atoms with E-state index in [4.69, 9.17) is 18.5 Å². The molecule has 0 radical (unpaired) electrons. The van der Waals surface area contributed by atoms with Crippen LogP contribution in [0.1, 0.15) is 103 Å². The van der Waals surface area contributed by atoms with Crippen molar-refractivity contribution in [2.75, 3.05) is 5.84 Å². The van der Waals surface area contributed by atoms with Gasteiger partial charge in [0.25, 0.3) is 0 Å². The van der Waals surface area contributed by atoms with Crippen LogP contribution in [0.15, 0.2) is 29.5 Å². The molecule has 0 saturated heterocycles. The van der Waals surface area contributed by atoms with Crippen molar-refractivity contribution < 1.29 is 0 Å². The van der Waals surface area contributed by atoms with Crippen molar-refractivity contribution in [3.63, 3.8) is 0 Å². The van der Waals surface area contributed by atoms with Gasteiger partial charge in [0.15, 0.2) is 0 Å². The highest BCUT2D eigenvalue weighted by atomic mass is 32.1. The smallest absolute Gasteiger partial charge is 0.0649 e. The summed E-state index contributed by atoms with van der Waals surface area (Å²) in [4.78, 5) is 0. The van der Waals surface area contributed by atoms with Gasteiger partial charge in [-0.15, -0.1) is 0 Å². The molecule has 2 rings (SSSR count). The van der Waals surface area contributed by atoms with E-state index < -0.39 is 0 Å². The Bertz CT molecular complexity index is 671. The van der Waals surface area contributed by atoms with Crippen LogP contribution in [0.2, 0.25) is 0 Å². The molecule has 0 aliphatic heterocycles. The van der Waals surface area contributed by atoms with E-state index in [-0.39, 0.29) is 4.75 Å². The van der Waals surface area contributed by atoms with Crippen LogP contribution in [0.4, 0.5) is 0 Å². The Morgan fingerprint density at radius 2 is 1.83 bits per heavy atom. The lowest BCUT2D eigenvalue weighted by molar-refractivity contribution is 0.329. The largest absolute Gasteiger partial charge is 0.339 e. The number of hydrogen-bond donors (Lipinski definition) is 2. The lowest BCUT2D eigenvalue weighted by Gasteiger charge is -2.28. The number of nitrogen functional groups attached to an aromatic ring is 1. The van der Waals surface area contributed by atoms with Gasteiger partial charge in [0.2, 0.25) is 0 Å². The van der Waals surface area contributed by atoms with Crippen LogP contribution in [-0.4, -0.2) is 9.42 Å². The molecule has 1 fully saturated rings. The number of aryl methyl sites for hydroxylation is 1. The summed E-state index contributed by atoms with van der Waals surface area (Å²) < 4.78 is 1.92. The lowest BCUT2D eigenvalue weighted by Crippen LogP contribution is -2.18. The average molecular weight is 417 g/mol. The second-order valence-electron chi connectivity index (χ2n) is 9.93. The maximum atomic E-state index is 6.21. The molecule has 2 N–H and O–H groups in total. The summed E-state index contributed by atoms with van der Waals surface area (Å²) in [6.45, 7) is 11.2. The fraction of sp³-hybridized carbons (Fsp3) is 0.692. The molecule has 164 valence electrons. The maximum absolute atomic E-state index is 6.21. The van der Waals surface area contributed by atoms with Crippen LogP contribution in [-0.2, 0) is 0 Å². The highest BCUT2D eigenvalue weighted by Crippen LogP contribution is 2.35. The van der Waals surface area contributed by atoms with Gasteiger partial charge in [-0.1, -0.05) is 70.9 Å². The van der Waals surface area contributed by atoms with E-state index in [0.717, 1.165) is 18.0 Å². The zero-order chi connectivity index (χ0) is 21.4. The molecule has 0 bridgehead atoms. The van der Waals surface area contributed by atoms with Gasteiger partial charge in [-0.3, -0.25) is 4.68 Å². The Morgan fingerprint density at radius 1 is 1.17 bits per heavy atom. The third kappa shape index (κ3) is 8.28. The van der Waals surface area contributed by atoms with Crippen molar-refractivity contribution in [3.05, 3.63) is 40.7 Å². The molecule has 3 heteroatoms. The summed E-state index contributed by atoms with van der Waals surface area (Å²) in [5, 5.41) is 0. The SMILES string of the molecule is CCC(C)=CC(=Cc1c(C)ccn1N)C1CCCCCC(CC(C)(C)S)CCC1. The topological polar surface area (TPSA) is 30.9 Å². The first-order valence-electron chi connectivity index (χ1n) is 11.7. The van der Waals surface area contributed by atoms with E-state index in [0.29, 0.717) is 5.92 Å². The van der Waals surface area contributed by atoms with Gasteiger partial charge in [0, 0.05) is 10.9 Å². The van der Waals surface area contributed by atoms with Crippen LogP contribution in [0.25, 0.3) is 6.08 Å². The summed E-state index contributed by atoms with van der Waals surface area (Å²) >= 11 is 4.81. The molecule has 2 unspecified atom stereocenters. The Hall–Kier alpha value is -1.09. The van der Waals surface area contributed by atoms with Crippen LogP contribution >= 0.6 is 12.6 Å². The number of nitrogens with two attached hydrogens (primary N) is 1. The lowest BCUT2D eigenvalue weighted by atomic mass is 9.81. The van der Waals surface area contributed by atoms with Crippen LogP contribution in [0.5, 0.6) is 0 Å². The van der Waals surface area contributed by atoms with E-state index in [1.807, 2.05) is 6.20 Å². The highest BCUT2D eigenvalue weighted by molar-refractivity contribution is 7.81. The number of allylic oxidation sites excluding steroid dienone is 3. The Labute approximate surface area is 185 Å².